The summed E-state index contributed by atoms with van der Waals surface area (Å²) in [7, 11) is 0. The van der Waals surface area contributed by atoms with Gasteiger partial charge in [-0.25, -0.2) is 0 Å². The van der Waals surface area contributed by atoms with E-state index in [1.807, 2.05) is 4.90 Å². The largest absolute Gasteiger partial charge is 0.343 e. The van der Waals surface area contributed by atoms with Gasteiger partial charge < -0.3 is 15.1 Å². The van der Waals surface area contributed by atoms with Crippen LogP contribution < -0.4 is 5.32 Å². The highest BCUT2D eigenvalue weighted by Crippen LogP contribution is 2.15. The van der Waals surface area contributed by atoms with Gasteiger partial charge in [0.15, 0.2) is 0 Å². The normalized spacial score (nSPS) is 18.7. The van der Waals surface area contributed by atoms with Crippen LogP contribution in [0.3, 0.4) is 0 Å². The Kier molecular flexibility index (Phi) is 8.86. The highest BCUT2D eigenvalue weighted by atomic mass is 16.2. The molecule has 0 aromatic rings. The summed E-state index contributed by atoms with van der Waals surface area (Å²) in [6.45, 7) is 13.8. The maximum Gasteiger partial charge on any atom is 0.222 e. The van der Waals surface area contributed by atoms with E-state index in [0.29, 0.717) is 11.8 Å². The van der Waals surface area contributed by atoms with Crippen molar-refractivity contribution in [3.05, 3.63) is 0 Å². The average molecular weight is 283 g/mol. The zero-order chi connectivity index (χ0) is 14.8. The first-order valence-electron chi connectivity index (χ1n) is 8.42. The zero-order valence-corrected chi connectivity index (χ0v) is 13.7. The van der Waals surface area contributed by atoms with E-state index >= 15 is 0 Å². The molecule has 0 saturated carbocycles. The molecule has 1 amide bonds. The first kappa shape index (κ1) is 17.4. The molecule has 0 aromatic heterocycles. The topological polar surface area (TPSA) is 35.6 Å². The predicted octanol–water partition coefficient (Wildman–Crippen LogP) is 1.96. The van der Waals surface area contributed by atoms with Crippen molar-refractivity contribution >= 4 is 5.91 Å². The summed E-state index contributed by atoms with van der Waals surface area (Å²) in [6, 6.07) is 0. The Hall–Kier alpha value is -0.610. The van der Waals surface area contributed by atoms with Crippen molar-refractivity contribution < 1.29 is 4.79 Å². The fourth-order valence-corrected chi connectivity index (χ4v) is 2.93. The molecule has 1 rings (SSSR count). The second-order valence-corrected chi connectivity index (χ2v) is 5.75. The molecule has 0 bridgehead atoms. The number of hydrogen-bond acceptors (Lipinski definition) is 3. The van der Waals surface area contributed by atoms with E-state index in [4.69, 9.17) is 0 Å². The summed E-state index contributed by atoms with van der Waals surface area (Å²) in [5.41, 5.74) is 0. The second kappa shape index (κ2) is 10.2. The minimum atomic E-state index is 0.346. The van der Waals surface area contributed by atoms with Crippen molar-refractivity contribution in [2.24, 2.45) is 5.92 Å². The van der Waals surface area contributed by atoms with E-state index in [-0.39, 0.29) is 0 Å². The van der Waals surface area contributed by atoms with Crippen molar-refractivity contribution in [1.82, 2.24) is 15.1 Å². The third-order valence-corrected chi connectivity index (χ3v) is 4.46. The van der Waals surface area contributed by atoms with E-state index in [1.165, 1.54) is 6.42 Å². The van der Waals surface area contributed by atoms with E-state index in [1.54, 1.807) is 0 Å². The number of carbonyl (C=O) groups is 1. The fraction of sp³-hybridized carbons (Fsp3) is 0.938. The lowest BCUT2D eigenvalue weighted by Gasteiger charge is -2.24. The molecule has 4 nitrogen and oxygen atoms in total. The summed E-state index contributed by atoms with van der Waals surface area (Å²) in [5, 5.41) is 3.37. The molecular weight excluding hydrogens is 250 g/mol. The molecule has 1 fully saturated rings. The Morgan fingerprint density at radius 2 is 1.90 bits per heavy atom. The SMILES string of the molecule is CCN(CC)CCCN(CC)C(=O)CCC1CCNC1. The Labute approximate surface area is 124 Å². The molecule has 1 N–H and O–H groups in total. The van der Waals surface area contributed by atoms with Crippen LogP contribution in [0.2, 0.25) is 0 Å². The van der Waals surface area contributed by atoms with Crippen LogP contribution in [0, 0.1) is 5.92 Å². The minimum absolute atomic E-state index is 0.346. The van der Waals surface area contributed by atoms with Gasteiger partial charge in [0, 0.05) is 19.5 Å². The van der Waals surface area contributed by atoms with Crippen LogP contribution in [-0.2, 0) is 4.79 Å². The third kappa shape index (κ3) is 6.23. The fourth-order valence-electron chi connectivity index (χ4n) is 2.93. The molecule has 1 unspecified atom stereocenters. The molecular formula is C16H33N3O. The first-order chi connectivity index (χ1) is 9.71. The molecule has 20 heavy (non-hydrogen) atoms. The van der Waals surface area contributed by atoms with Gasteiger partial charge in [0.25, 0.3) is 0 Å². The summed E-state index contributed by atoms with van der Waals surface area (Å²) in [6.07, 6.45) is 4.11. The number of nitrogens with zero attached hydrogens (tertiary/aromatic N) is 2. The van der Waals surface area contributed by atoms with Crippen LogP contribution in [0.25, 0.3) is 0 Å². The Morgan fingerprint density at radius 1 is 1.15 bits per heavy atom. The van der Waals surface area contributed by atoms with Gasteiger partial charge in [-0.05, 0) is 64.8 Å². The lowest BCUT2D eigenvalue weighted by atomic mass is 10.0. The molecule has 1 aliphatic rings. The molecule has 4 heteroatoms. The Balaban J connectivity index is 2.20. The summed E-state index contributed by atoms with van der Waals surface area (Å²) in [5.74, 6) is 1.06. The van der Waals surface area contributed by atoms with E-state index < -0.39 is 0 Å². The molecule has 1 atom stereocenters. The predicted molar refractivity (Wildman–Crippen MR) is 84.9 cm³/mol. The van der Waals surface area contributed by atoms with Crippen LogP contribution in [0.5, 0.6) is 0 Å². The smallest absolute Gasteiger partial charge is 0.222 e. The maximum atomic E-state index is 12.2. The standard InChI is InChI=1S/C16H33N3O/c1-4-18(5-2)12-7-13-19(6-3)16(20)9-8-15-10-11-17-14-15/h15,17H,4-14H2,1-3H3. The zero-order valence-electron chi connectivity index (χ0n) is 13.7. The van der Waals surface area contributed by atoms with E-state index in [2.05, 4.69) is 31.0 Å². The number of rotatable bonds is 10. The molecule has 118 valence electrons. The van der Waals surface area contributed by atoms with Crippen LogP contribution >= 0.6 is 0 Å². The number of carbonyl (C=O) groups excluding carboxylic acids is 1. The van der Waals surface area contributed by atoms with Gasteiger partial charge in [0.05, 0.1) is 0 Å². The third-order valence-electron chi connectivity index (χ3n) is 4.46. The number of nitrogens with one attached hydrogen (secondary N) is 1. The molecule has 0 aliphatic carbocycles. The van der Waals surface area contributed by atoms with E-state index in [0.717, 1.165) is 65.1 Å². The molecule has 0 spiro atoms. The highest BCUT2D eigenvalue weighted by Gasteiger charge is 2.18. The lowest BCUT2D eigenvalue weighted by Crippen LogP contribution is -2.34. The summed E-state index contributed by atoms with van der Waals surface area (Å²) < 4.78 is 0. The Morgan fingerprint density at radius 3 is 2.45 bits per heavy atom. The van der Waals surface area contributed by atoms with Crippen LogP contribution in [0.15, 0.2) is 0 Å². The number of amides is 1. The van der Waals surface area contributed by atoms with Gasteiger partial charge >= 0.3 is 0 Å². The lowest BCUT2D eigenvalue weighted by molar-refractivity contribution is -0.131. The first-order valence-corrected chi connectivity index (χ1v) is 8.42. The van der Waals surface area contributed by atoms with Crippen molar-refractivity contribution in [2.45, 2.75) is 46.5 Å². The van der Waals surface area contributed by atoms with Crippen molar-refractivity contribution in [2.75, 3.05) is 45.8 Å². The van der Waals surface area contributed by atoms with E-state index in [9.17, 15) is 4.79 Å². The highest BCUT2D eigenvalue weighted by molar-refractivity contribution is 5.76. The molecule has 1 saturated heterocycles. The quantitative estimate of drug-likeness (QED) is 0.666. The van der Waals surface area contributed by atoms with Gasteiger partial charge in [-0.1, -0.05) is 13.8 Å². The van der Waals surface area contributed by atoms with Gasteiger partial charge in [-0.3, -0.25) is 4.79 Å². The molecule has 1 aliphatic heterocycles. The summed E-state index contributed by atoms with van der Waals surface area (Å²) >= 11 is 0. The van der Waals surface area contributed by atoms with Gasteiger partial charge in [-0.15, -0.1) is 0 Å². The van der Waals surface area contributed by atoms with Gasteiger partial charge in [-0.2, -0.15) is 0 Å². The monoisotopic (exact) mass is 283 g/mol. The van der Waals surface area contributed by atoms with Crippen LogP contribution in [-0.4, -0.2) is 61.5 Å². The second-order valence-electron chi connectivity index (χ2n) is 5.75. The van der Waals surface area contributed by atoms with Gasteiger partial charge in [0.1, 0.15) is 0 Å². The summed E-state index contributed by atoms with van der Waals surface area (Å²) in [4.78, 5) is 16.7. The average Bonchev–Trinajstić information content (AvgIpc) is 2.98. The van der Waals surface area contributed by atoms with Crippen molar-refractivity contribution in [1.29, 1.82) is 0 Å². The Bertz CT molecular complexity index is 260. The molecule has 0 radical (unpaired) electrons. The number of hydrogen-bond donors (Lipinski definition) is 1. The van der Waals surface area contributed by atoms with Crippen molar-refractivity contribution in [3.63, 3.8) is 0 Å². The molecule has 1 heterocycles. The maximum absolute atomic E-state index is 12.2. The minimum Gasteiger partial charge on any atom is -0.343 e. The van der Waals surface area contributed by atoms with Crippen molar-refractivity contribution in [3.8, 4) is 0 Å². The van der Waals surface area contributed by atoms with Gasteiger partial charge in [0.2, 0.25) is 5.91 Å². The van der Waals surface area contributed by atoms with Crippen LogP contribution in [0.1, 0.15) is 46.5 Å². The molecule has 0 aromatic carbocycles. The van der Waals surface area contributed by atoms with Crippen LogP contribution in [0.4, 0.5) is 0 Å².